The van der Waals surface area contributed by atoms with Crippen LogP contribution < -0.4 is 5.32 Å². The highest BCUT2D eigenvalue weighted by Crippen LogP contribution is 2.57. The molecule has 2 bridgehead atoms. The van der Waals surface area contributed by atoms with Crippen LogP contribution in [0.3, 0.4) is 0 Å². The number of rotatable bonds is 6. The predicted molar refractivity (Wildman–Crippen MR) is 95.9 cm³/mol. The summed E-state index contributed by atoms with van der Waals surface area (Å²) >= 11 is 0. The third-order valence-electron chi connectivity index (χ3n) is 7.22. The maximum atomic E-state index is 12.5. The fourth-order valence-electron chi connectivity index (χ4n) is 5.34. The molecule has 5 rings (SSSR count). The predicted octanol–water partition coefficient (Wildman–Crippen LogP) is 2.68. The largest absolute Gasteiger partial charge is 0.326 e. The number of nitrogens with zero attached hydrogens (tertiary/aromatic N) is 2. The lowest BCUT2D eigenvalue weighted by molar-refractivity contribution is -0.426. The highest BCUT2D eigenvalue weighted by atomic mass is 16.9. The molecule has 26 heavy (non-hydrogen) atoms. The maximum Gasteiger partial charge on any atom is 0.237 e. The van der Waals surface area contributed by atoms with Crippen LogP contribution in [0.1, 0.15) is 71.1 Å². The molecule has 3 aliphatic carbocycles. The molecule has 1 unspecified atom stereocenters. The minimum Gasteiger partial charge on any atom is -0.326 e. The number of nitriles is 1. The molecule has 6 heteroatoms. The van der Waals surface area contributed by atoms with E-state index in [1.807, 2.05) is 0 Å². The Labute approximate surface area is 156 Å². The van der Waals surface area contributed by atoms with Gasteiger partial charge in [0.2, 0.25) is 5.91 Å². The number of nitrogens with one attached hydrogen (secondary N) is 1. The zero-order chi connectivity index (χ0) is 18.2. The smallest absolute Gasteiger partial charge is 0.237 e. The molecule has 0 aromatic carbocycles. The summed E-state index contributed by atoms with van der Waals surface area (Å²) in [5.74, 6) is 0.0823. The topological polar surface area (TPSA) is 74.6 Å². The van der Waals surface area contributed by atoms with E-state index in [0.717, 1.165) is 70.8 Å². The molecule has 5 fully saturated rings. The lowest BCUT2D eigenvalue weighted by atomic mass is 9.56. The average molecular weight is 361 g/mol. The van der Waals surface area contributed by atoms with Crippen molar-refractivity contribution in [2.45, 2.75) is 95.3 Å². The number of amides is 1. The van der Waals surface area contributed by atoms with Crippen LogP contribution in [0, 0.1) is 16.7 Å². The molecule has 2 heterocycles. The highest BCUT2D eigenvalue weighted by molar-refractivity contribution is 5.79. The third kappa shape index (κ3) is 3.15. The number of fused-ring (bicyclic) bond motifs is 3. The average Bonchev–Trinajstić information content (AvgIpc) is 3.13. The normalized spacial score (nSPS) is 41.7. The minimum atomic E-state index is -0.226. The summed E-state index contributed by atoms with van der Waals surface area (Å²) in [6.45, 7) is 3.24. The Morgan fingerprint density at radius 3 is 2.54 bits per heavy atom. The third-order valence-corrected chi connectivity index (χ3v) is 7.22. The number of hydrogen-bond acceptors (Lipinski definition) is 5. The number of hydrogen-bond donors (Lipinski definition) is 1. The maximum absolute atomic E-state index is 12.5. The van der Waals surface area contributed by atoms with Crippen molar-refractivity contribution in [3.05, 3.63) is 0 Å². The van der Waals surface area contributed by atoms with E-state index in [4.69, 9.17) is 9.47 Å². The molecule has 2 saturated heterocycles. The summed E-state index contributed by atoms with van der Waals surface area (Å²) in [4.78, 5) is 14.3. The lowest BCUT2D eigenvalue weighted by Crippen LogP contribution is -2.62. The summed E-state index contributed by atoms with van der Waals surface area (Å²) in [7, 11) is 0. The van der Waals surface area contributed by atoms with Crippen molar-refractivity contribution in [2.24, 2.45) is 5.41 Å². The van der Waals surface area contributed by atoms with Crippen LogP contribution in [0.5, 0.6) is 0 Å². The van der Waals surface area contributed by atoms with Gasteiger partial charge in [0.25, 0.3) is 0 Å². The number of likely N-dealkylation sites (tertiary alicyclic amines) is 1. The monoisotopic (exact) mass is 361 g/mol. The van der Waals surface area contributed by atoms with E-state index in [-0.39, 0.29) is 35.5 Å². The first kappa shape index (κ1) is 18.2. The molecule has 6 nitrogen and oxygen atoms in total. The molecule has 0 aromatic rings. The molecule has 0 radical (unpaired) electrons. The molecule has 0 aromatic heterocycles. The van der Waals surface area contributed by atoms with Crippen LogP contribution >= 0.6 is 0 Å². The van der Waals surface area contributed by atoms with E-state index in [1.165, 1.54) is 0 Å². The van der Waals surface area contributed by atoms with Gasteiger partial charge in [-0.2, -0.15) is 5.26 Å². The van der Waals surface area contributed by atoms with Crippen molar-refractivity contribution in [1.82, 2.24) is 10.2 Å². The zero-order valence-electron chi connectivity index (χ0n) is 15.8. The summed E-state index contributed by atoms with van der Waals surface area (Å²) in [5.41, 5.74) is 0.282. The number of carbonyl (C=O) groups excluding carboxylic acids is 1. The standard InChI is InChI=1S/C20H31N3O3/c1-2-4-17-25-18(26-17)19-6-9-20(10-7-19,11-8-19)22-14-16(24)23-12-3-5-15(23)13-21/h15,17-18,22H,2-12,14H2,1H3. The van der Waals surface area contributed by atoms with Gasteiger partial charge in [-0.05, 0) is 57.8 Å². The summed E-state index contributed by atoms with van der Waals surface area (Å²) in [5, 5.41) is 12.8. The van der Waals surface area contributed by atoms with E-state index < -0.39 is 0 Å². The van der Waals surface area contributed by atoms with E-state index >= 15 is 0 Å². The van der Waals surface area contributed by atoms with Gasteiger partial charge in [0.15, 0.2) is 12.6 Å². The zero-order valence-corrected chi connectivity index (χ0v) is 15.8. The van der Waals surface area contributed by atoms with Gasteiger partial charge in [-0.3, -0.25) is 4.79 Å². The molecule has 0 spiro atoms. The second-order valence-electron chi connectivity index (χ2n) is 8.69. The Morgan fingerprint density at radius 1 is 1.23 bits per heavy atom. The van der Waals surface area contributed by atoms with Gasteiger partial charge in [-0.25, -0.2) is 0 Å². The summed E-state index contributed by atoms with van der Waals surface area (Å²) < 4.78 is 12.1. The van der Waals surface area contributed by atoms with Crippen LogP contribution in [-0.4, -0.2) is 48.1 Å². The van der Waals surface area contributed by atoms with Crippen LogP contribution in [0.15, 0.2) is 0 Å². The second kappa shape index (κ2) is 7.10. The van der Waals surface area contributed by atoms with Gasteiger partial charge in [0.1, 0.15) is 6.04 Å². The van der Waals surface area contributed by atoms with Crippen molar-refractivity contribution in [1.29, 1.82) is 5.26 Å². The Bertz CT molecular complexity index is 557. The van der Waals surface area contributed by atoms with Gasteiger partial charge in [-0.1, -0.05) is 13.3 Å². The molecule has 2 aliphatic heterocycles. The van der Waals surface area contributed by atoms with Crippen molar-refractivity contribution in [3.63, 3.8) is 0 Å². The van der Waals surface area contributed by atoms with Gasteiger partial charge < -0.3 is 19.7 Å². The molecule has 1 amide bonds. The van der Waals surface area contributed by atoms with Gasteiger partial charge in [-0.15, -0.1) is 0 Å². The molecular formula is C20H31N3O3. The molecule has 5 aliphatic rings. The van der Waals surface area contributed by atoms with Crippen molar-refractivity contribution < 1.29 is 14.3 Å². The van der Waals surface area contributed by atoms with Gasteiger partial charge >= 0.3 is 0 Å². The van der Waals surface area contributed by atoms with Crippen molar-refractivity contribution in [2.75, 3.05) is 13.1 Å². The molecule has 3 saturated carbocycles. The van der Waals surface area contributed by atoms with Crippen molar-refractivity contribution in [3.8, 4) is 6.07 Å². The van der Waals surface area contributed by atoms with Crippen LogP contribution in [0.25, 0.3) is 0 Å². The van der Waals surface area contributed by atoms with Crippen LogP contribution in [0.4, 0.5) is 0 Å². The SMILES string of the molecule is CCCC1OC(C23CCC(NCC(=O)N4CCCC4C#N)(CC2)CC3)O1. The summed E-state index contributed by atoms with van der Waals surface area (Å²) in [6.07, 6.45) is 10.4. The second-order valence-corrected chi connectivity index (χ2v) is 8.69. The minimum absolute atomic E-state index is 0.0114. The van der Waals surface area contributed by atoms with E-state index in [0.29, 0.717) is 6.54 Å². The Hall–Kier alpha value is -1.16. The van der Waals surface area contributed by atoms with Crippen LogP contribution in [0.2, 0.25) is 0 Å². The first-order chi connectivity index (χ1) is 12.6. The first-order valence-electron chi connectivity index (χ1n) is 10.3. The molecule has 1 atom stereocenters. The fourth-order valence-corrected chi connectivity index (χ4v) is 5.34. The quantitative estimate of drug-likeness (QED) is 0.787. The van der Waals surface area contributed by atoms with Gasteiger partial charge in [0, 0.05) is 17.5 Å². The van der Waals surface area contributed by atoms with Crippen molar-refractivity contribution >= 4 is 5.91 Å². The first-order valence-corrected chi connectivity index (χ1v) is 10.3. The lowest BCUT2D eigenvalue weighted by Gasteiger charge is -2.58. The Kier molecular flexibility index (Phi) is 4.98. The number of carbonyl (C=O) groups is 1. The Balaban J connectivity index is 1.27. The highest BCUT2D eigenvalue weighted by Gasteiger charge is 2.56. The van der Waals surface area contributed by atoms with Crippen LogP contribution in [-0.2, 0) is 14.3 Å². The molecule has 1 N–H and O–H groups in total. The molecular weight excluding hydrogens is 330 g/mol. The summed E-state index contributed by atoms with van der Waals surface area (Å²) in [6, 6.07) is 2.03. The molecule has 144 valence electrons. The van der Waals surface area contributed by atoms with E-state index in [1.54, 1.807) is 4.90 Å². The Morgan fingerprint density at radius 2 is 1.92 bits per heavy atom. The number of ether oxygens (including phenoxy) is 2. The van der Waals surface area contributed by atoms with Gasteiger partial charge in [0.05, 0.1) is 12.6 Å². The van der Waals surface area contributed by atoms with E-state index in [2.05, 4.69) is 18.3 Å². The van der Waals surface area contributed by atoms with E-state index in [9.17, 15) is 10.1 Å². The fraction of sp³-hybridized carbons (Fsp3) is 0.900.